The zero-order valence-corrected chi connectivity index (χ0v) is 18.9. The summed E-state index contributed by atoms with van der Waals surface area (Å²) in [5.74, 6) is -0.828. The quantitative estimate of drug-likeness (QED) is 0.268. The number of hydrogen-bond acceptors (Lipinski definition) is 6. The Labute approximate surface area is 190 Å². The van der Waals surface area contributed by atoms with Crippen molar-refractivity contribution in [1.82, 2.24) is 0 Å². The number of nitro groups is 1. The summed E-state index contributed by atoms with van der Waals surface area (Å²) in [6, 6.07) is 15.7. The Morgan fingerprint density at radius 1 is 1.12 bits per heavy atom. The molecule has 0 aliphatic carbocycles. The summed E-state index contributed by atoms with van der Waals surface area (Å²) in [6.45, 7) is 5.54. The largest absolute Gasteiger partial charge is 0.462 e. The van der Waals surface area contributed by atoms with Crippen LogP contribution in [0, 0.1) is 15.5 Å². The highest BCUT2D eigenvalue weighted by molar-refractivity contribution is 7.15. The molecular weight excluding hydrogens is 428 g/mol. The van der Waals surface area contributed by atoms with Crippen LogP contribution in [0.2, 0.25) is 0 Å². The lowest BCUT2D eigenvalue weighted by molar-refractivity contribution is -0.384. The van der Waals surface area contributed by atoms with Crippen molar-refractivity contribution in [3.8, 4) is 11.1 Å². The first kappa shape index (κ1) is 23.1. The van der Waals surface area contributed by atoms with Gasteiger partial charge in [0.1, 0.15) is 10.6 Å². The van der Waals surface area contributed by atoms with Gasteiger partial charge in [0.2, 0.25) is 5.91 Å². The Hall–Kier alpha value is -3.52. The molecule has 0 saturated carbocycles. The molecule has 0 aliphatic rings. The van der Waals surface area contributed by atoms with E-state index in [2.05, 4.69) is 5.32 Å². The number of hydrogen-bond donors (Lipinski definition) is 1. The second-order valence-corrected chi connectivity index (χ2v) is 8.76. The Morgan fingerprint density at radius 3 is 2.50 bits per heavy atom. The van der Waals surface area contributed by atoms with E-state index in [1.165, 1.54) is 23.5 Å². The lowest BCUT2D eigenvalue weighted by atomic mass is 9.85. The fourth-order valence-electron chi connectivity index (χ4n) is 3.31. The van der Waals surface area contributed by atoms with Gasteiger partial charge < -0.3 is 10.1 Å². The fourth-order valence-corrected chi connectivity index (χ4v) is 4.27. The molecule has 7 nitrogen and oxygen atoms in total. The maximum Gasteiger partial charge on any atom is 0.341 e. The lowest BCUT2D eigenvalue weighted by Crippen LogP contribution is -2.33. The van der Waals surface area contributed by atoms with Crippen molar-refractivity contribution >= 4 is 33.9 Å². The van der Waals surface area contributed by atoms with Crippen molar-refractivity contribution in [2.75, 3.05) is 11.9 Å². The molecule has 0 saturated heterocycles. The smallest absolute Gasteiger partial charge is 0.341 e. The molecule has 3 aromatic rings. The minimum absolute atomic E-state index is 0.0851. The van der Waals surface area contributed by atoms with E-state index in [1.807, 2.05) is 44.2 Å². The molecular formula is C24H24N2O5S. The van der Waals surface area contributed by atoms with Crippen LogP contribution in [0.3, 0.4) is 0 Å². The van der Waals surface area contributed by atoms with Crippen molar-refractivity contribution in [2.45, 2.75) is 27.2 Å². The molecule has 0 bridgehead atoms. The SMILES string of the molecule is CCOC(=O)c1c(-c2cccc([N+](=O)[O-])c2)csc1NC(=O)C(C)(C)Cc1ccccc1. The molecule has 0 aliphatic heterocycles. The number of nitro benzene ring substituents is 1. The first-order valence-electron chi connectivity index (χ1n) is 10.1. The predicted octanol–water partition coefficient (Wildman–Crippen LogP) is 5.71. The third kappa shape index (κ3) is 5.20. The van der Waals surface area contributed by atoms with Gasteiger partial charge in [-0.15, -0.1) is 11.3 Å². The van der Waals surface area contributed by atoms with E-state index in [-0.39, 0.29) is 23.8 Å². The average Bonchev–Trinajstić information content (AvgIpc) is 3.18. The molecule has 1 N–H and O–H groups in total. The van der Waals surface area contributed by atoms with Crippen molar-refractivity contribution in [3.63, 3.8) is 0 Å². The van der Waals surface area contributed by atoms with Gasteiger partial charge in [0, 0.05) is 28.5 Å². The van der Waals surface area contributed by atoms with E-state index in [0.29, 0.717) is 22.5 Å². The molecule has 1 amide bonds. The molecule has 1 heterocycles. The van der Waals surface area contributed by atoms with Gasteiger partial charge in [0.05, 0.1) is 11.5 Å². The topological polar surface area (TPSA) is 98.5 Å². The van der Waals surface area contributed by atoms with Crippen molar-refractivity contribution in [1.29, 1.82) is 0 Å². The average molecular weight is 453 g/mol. The Morgan fingerprint density at radius 2 is 1.84 bits per heavy atom. The zero-order valence-electron chi connectivity index (χ0n) is 18.1. The summed E-state index contributed by atoms with van der Waals surface area (Å²) in [5, 5.41) is 16.1. The summed E-state index contributed by atoms with van der Waals surface area (Å²) in [6.07, 6.45) is 0.525. The molecule has 0 spiro atoms. The van der Waals surface area contributed by atoms with Gasteiger partial charge in [-0.25, -0.2) is 4.79 Å². The summed E-state index contributed by atoms with van der Waals surface area (Å²) in [7, 11) is 0. The molecule has 1 aromatic heterocycles. The fraction of sp³-hybridized carbons (Fsp3) is 0.250. The third-order valence-corrected chi connectivity index (χ3v) is 5.86. The number of nitrogens with zero attached hydrogens (tertiary/aromatic N) is 1. The molecule has 0 fully saturated rings. The van der Waals surface area contributed by atoms with Crippen LogP contribution >= 0.6 is 11.3 Å². The summed E-state index contributed by atoms with van der Waals surface area (Å²) in [5.41, 5.74) is 1.39. The Balaban J connectivity index is 1.94. The first-order chi connectivity index (χ1) is 15.2. The highest BCUT2D eigenvalue weighted by atomic mass is 32.1. The minimum Gasteiger partial charge on any atom is -0.462 e. The highest BCUT2D eigenvalue weighted by Crippen LogP contribution is 2.38. The predicted molar refractivity (Wildman–Crippen MR) is 125 cm³/mol. The van der Waals surface area contributed by atoms with Crippen molar-refractivity contribution < 1.29 is 19.2 Å². The first-order valence-corrected chi connectivity index (χ1v) is 11.0. The van der Waals surface area contributed by atoms with E-state index in [9.17, 15) is 19.7 Å². The maximum atomic E-state index is 13.1. The number of carbonyl (C=O) groups is 2. The number of nitrogens with one attached hydrogen (secondary N) is 1. The Bertz CT molecular complexity index is 1140. The number of benzene rings is 2. The van der Waals surface area contributed by atoms with E-state index in [0.717, 1.165) is 5.56 Å². The molecule has 32 heavy (non-hydrogen) atoms. The minimum atomic E-state index is -0.733. The Kier molecular flexibility index (Phi) is 7.05. The molecule has 2 aromatic carbocycles. The van der Waals surface area contributed by atoms with Crippen LogP contribution in [0.5, 0.6) is 0 Å². The molecule has 0 atom stereocenters. The number of thiophene rings is 1. The van der Waals surface area contributed by atoms with Crippen LogP contribution in [-0.4, -0.2) is 23.4 Å². The second-order valence-electron chi connectivity index (χ2n) is 7.88. The lowest BCUT2D eigenvalue weighted by Gasteiger charge is -2.23. The van der Waals surface area contributed by atoms with Gasteiger partial charge in [0.25, 0.3) is 5.69 Å². The molecule has 8 heteroatoms. The zero-order chi connectivity index (χ0) is 23.3. The monoisotopic (exact) mass is 452 g/mol. The van der Waals surface area contributed by atoms with Crippen molar-refractivity contribution in [2.24, 2.45) is 5.41 Å². The van der Waals surface area contributed by atoms with Gasteiger partial charge in [0.15, 0.2) is 0 Å². The summed E-state index contributed by atoms with van der Waals surface area (Å²) >= 11 is 1.19. The normalized spacial score (nSPS) is 11.1. The number of amides is 1. The van der Waals surface area contributed by atoms with Crippen LogP contribution < -0.4 is 5.32 Å². The van der Waals surface area contributed by atoms with Crippen LogP contribution in [-0.2, 0) is 16.0 Å². The molecule has 3 rings (SSSR count). The number of anilines is 1. The second kappa shape index (κ2) is 9.74. The maximum absolute atomic E-state index is 13.1. The van der Waals surface area contributed by atoms with E-state index in [4.69, 9.17) is 4.74 Å². The molecule has 166 valence electrons. The highest BCUT2D eigenvalue weighted by Gasteiger charge is 2.31. The van der Waals surface area contributed by atoms with Gasteiger partial charge in [-0.3, -0.25) is 14.9 Å². The number of ether oxygens (including phenoxy) is 1. The standard InChI is InChI=1S/C24H24N2O5S/c1-4-31-22(27)20-19(17-11-8-12-18(13-17)26(29)30)15-32-21(20)25-23(28)24(2,3)14-16-9-6-5-7-10-16/h5-13,15H,4,14H2,1-3H3,(H,25,28). The number of carbonyl (C=O) groups excluding carboxylic acids is 2. The van der Waals surface area contributed by atoms with Crippen LogP contribution in [0.15, 0.2) is 60.0 Å². The van der Waals surface area contributed by atoms with Gasteiger partial charge >= 0.3 is 5.97 Å². The summed E-state index contributed by atoms with van der Waals surface area (Å²) < 4.78 is 5.21. The third-order valence-electron chi connectivity index (χ3n) is 4.97. The van der Waals surface area contributed by atoms with E-state index in [1.54, 1.807) is 24.4 Å². The van der Waals surface area contributed by atoms with E-state index >= 15 is 0 Å². The number of rotatable bonds is 8. The number of esters is 1. The van der Waals surface area contributed by atoms with Crippen LogP contribution in [0.25, 0.3) is 11.1 Å². The molecule has 0 radical (unpaired) electrons. The summed E-state index contributed by atoms with van der Waals surface area (Å²) in [4.78, 5) is 36.6. The van der Waals surface area contributed by atoms with Gasteiger partial charge in [-0.2, -0.15) is 0 Å². The van der Waals surface area contributed by atoms with Crippen molar-refractivity contribution in [3.05, 3.63) is 81.2 Å². The van der Waals surface area contributed by atoms with Crippen LogP contribution in [0.1, 0.15) is 36.7 Å². The molecule has 0 unspecified atom stereocenters. The van der Waals surface area contributed by atoms with Gasteiger partial charge in [-0.05, 0) is 24.5 Å². The number of non-ortho nitro benzene ring substituents is 1. The van der Waals surface area contributed by atoms with Crippen LogP contribution in [0.4, 0.5) is 10.7 Å². The van der Waals surface area contributed by atoms with Gasteiger partial charge in [-0.1, -0.05) is 56.3 Å². The van der Waals surface area contributed by atoms with E-state index < -0.39 is 16.3 Å².